The van der Waals surface area contributed by atoms with Crippen LogP contribution in [0, 0.1) is 0 Å². The highest BCUT2D eigenvalue weighted by molar-refractivity contribution is 5.75. The minimum atomic E-state index is 0.0954. The summed E-state index contributed by atoms with van der Waals surface area (Å²) in [6.07, 6.45) is 2.25. The highest BCUT2D eigenvalue weighted by atomic mass is 16.5. The normalized spacial score (nSPS) is 17.6. The number of aromatic nitrogens is 3. The summed E-state index contributed by atoms with van der Waals surface area (Å²) in [4.78, 5) is 8.74. The molecule has 1 aliphatic rings. The Hall–Kier alpha value is -1.78. The third kappa shape index (κ3) is 1.17. The molecule has 3 rings (SSSR count). The number of nitrogen functional groups attached to an aromatic ring is 1. The average molecular weight is 218 g/mol. The third-order valence-corrected chi connectivity index (χ3v) is 3.23. The zero-order chi connectivity index (χ0) is 11.3. The van der Waals surface area contributed by atoms with E-state index in [1.165, 1.54) is 0 Å². The Morgan fingerprint density at radius 2 is 2.12 bits per heavy atom. The summed E-state index contributed by atoms with van der Waals surface area (Å²) in [5, 5.41) is 0. The second-order valence-corrected chi connectivity index (χ2v) is 4.50. The van der Waals surface area contributed by atoms with Crippen molar-refractivity contribution < 1.29 is 4.74 Å². The second kappa shape index (κ2) is 2.87. The van der Waals surface area contributed by atoms with Crippen LogP contribution in [0.1, 0.15) is 19.8 Å². The van der Waals surface area contributed by atoms with Crippen LogP contribution < -0.4 is 10.5 Å². The summed E-state index contributed by atoms with van der Waals surface area (Å²) in [5.41, 5.74) is 7.68. The SMILES string of the molecule is COc1ccc2nc(N)n(C3(C)CC3)c2n1. The molecule has 0 aliphatic heterocycles. The van der Waals surface area contributed by atoms with E-state index >= 15 is 0 Å². The number of ether oxygens (including phenoxy) is 1. The quantitative estimate of drug-likeness (QED) is 0.830. The van der Waals surface area contributed by atoms with Gasteiger partial charge in [0.1, 0.15) is 5.52 Å². The van der Waals surface area contributed by atoms with Gasteiger partial charge in [-0.1, -0.05) is 0 Å². The lowest BCUT2D eigenvalue weighted by molar-refractivity contribution is 0.398. The molecule has 2 aromatic heterocycles. The first kappa shape index (κ1) is 9.45. The fraction of sp³-hybridized carbons (Fsp3) is 0.455. The maximum Gasteiger partial charge on any atom is 0.215 e. The first-order chi connectivity index (χ1) is 7.64. The Bertz CT molecular complexity index is 556. The molecule has 0 radical (unpaired) electrons. The van der Waals surface area contributed by atoms with Gasteiger partial charge in [0.2, 0.25) is 11.8 Å². The Labute approximate surface area is 93.2 Å². The van der Waals surface area contributed by atoms with Crippen LogP contribution in [0.5, 0.6) is 5.88 Å². The van der Waals surface area contributed by atoms with Crippen LogP contribution in [-0.2, 0) is 5.54 Å². The molecule has 0 spiro atoms. The third-order valence-electron chi connectivity index (χ3n) is 3.23. The molecule has 5 nitrogen and oxygen atoms in total. The highest BCUT2D eigenvalue weighted by Crippen LogP contribution is 2.45. The van der Waals surface area contributed by atoms with Crippen molar-refractivity contribution in [1.29, 1.82) is 0 Å². The first-order valence-electron chi connectivity index (χ1n) is 5.33. The van der Waals surface area contributed by atoms with E-state index in [0.717, 1.165) is 24.0 Å². The number of anilines is 1. The van der Waals surface area contributed by atoms with Crippen molar-refractivity contribution in [1.82, 2.24) is 14.5 Å². The van der Waals surface area contributed by atoms with E-state index in [-0.39, 0.29) is 5.54 Å². The molecular formula is C11H14N4O. The highest BCUT2D eigenvalue weighted by Gasteiger charge is 2.42. The Morgan fingerprint density at radius 3 is 2.75 bits per heavy atom. The molecule has 1 saturated carbocycles. The number of nitrogens with zero attached hydrogens (tertiary/aromatic N) is 3. The van der Waals surface area contributed by atoms with Crippen molar-refractivity contribution in [2.45, 2.75) is 25.3 Å². The average Bonchev–Trinajstić information content (AvgIpc) is 2.90. The van der Waals surface area contributed by atoms with E-state index in [1.807, 2.05) is 10.6 Å². The van der Waals surface area contributed by atoms with Gasteiger partial charge in [0, 0.05) is 11.6 Å². The molecule has 2 N–H and O–H groups in total. The van der Waals surface area contributed by atoms with E-state index in [4.69, 9.17) is 10.5 Å². The lowest BCUT2D eigenvalue weighted by Crippen LogP contribution is -2.15. The maximum absolute atomic E-state index is 5.94. The van der Waals surface area contributed by atoms with E-state index in [0.29, 0.717) is 11.8 Å². The van der Waals surface area contributed by atoms with Crippen molar-refractivity contribution >= 4 is 17.1 Å². The van der Waals surface area contributed by atoms with Crippen molar-refractivity contribution in [3.63, 3.8) is 0 Å². The van der Waals surface area contributed by atoms with Gasteiger partial charge < -0.3 is 10.5 Å². The van der Waals surface area contributed by atoms with Crippen LogP contribution in [0.15, 0.2) is 12.1 Å². The zero-order valence-electron chi connectivity index (χ0n) is 9.40. The zero-order valence-corrected chi connectivity index (χ0v) is 9.40. The van der Waals surface area contributed by atoms with Crippen LogP contribution in [0.25, 0.3) is 11.2 Å². The molecule has 1 fully saturated rings. The summed E-state index contributed by atoms with van der Waals surface area (Å²) in [5.74, 6) is 1.13. The lowest BCUT2D eigenvalue weighted by Gasteiger charge is -2.13. The standard InChI is InChI=1S/C11H14N4O/c1-11(5-6-11)15-9-7(13-10(15)12)3-4-8(14-9)16-2/h3-4H,5-6H2,1-2H3,(H2,12,13). The molecule has 0 aromatic carbocycles. The van der Waals surface area contributed by atoms with Crippen LogP contribution in [0.2, 0.25) is 0 Å². The monoisotopic (exact) mass is 218 g/mol. The number of rotatable bonds is 2. The van der Waals surface area contributed by atoms with Gasteiger partial charge in [0.25, 0.3) is 0 Å². The number of hydrogen-bond acceptors (Lipinski definition) is 4. The minimum absolute atomic E-state index is 0.0954. The summed E-state index contributed by atoms with van der Waals surface area (Å²) in [7, 11) is 1.61. The van der Waals surface area contributed by atoms with Gasteiger partial charge in [0.15, 0.2) is 5.65 Å². The number of pyridine rings is 1. The maximum atomic E-state index is 5.94. The smallest absolute Gasteiger partial charge is 0.215 e. The molecule has 2 aromatic rings. The van der Waals surface area contributed by atoms with Crippen molar-refractivity contribution in [3.05, 3.63) is 12.1 Å². The molecule has 0 unspecified atom stereocenters. The molecule has 5 heteroatoms. The molecule has 2 heterocycles. The van der Waals surface area contributed by atoms with Gasteiger partial charge in [0.05, 0.1) is 7.11 Å². The number of imidazole rings is 1. The number of fused-ring (bicyclic) bond motifs is 1. The lowest BCUT2D eigenvalue weighted by atomic mass is 10.3. The van der Waals surface area contributed by atoms with Gasteiger partial charge in [-0.05, 0) is 25.8 Å². The van der Waals surface area contributed by atoms with E-state index in [1.54, 1.807) is 13.2 Å². The molecule has 0 amide bonds. The van der Waals surface area contributed by atoms with E-state index in [2.05, 4.69) is 16.9 Å². The number of nitrogens with two attached hydrogens (primary N) is 1. The van der Waals surface area contributed by atoms with Crippen molar-refractivity contribution in [2.24, 2.45) is 0 Å². The van der Waals surface area contributed by atoms with E-state index in [9.17, 15) is 0 Å². The summed E-state index contributed by atoms with van der Waals surface area (Å²) in [6, 6.07) is 3.69. The largest absolute Gasteiger partial charge is 0.481 e. The van der Waals surface area contributed by atoms with Gasteiger partial charge in [-0.15, -0.1) is 0 Å². The fourth-order valence-corrected chi connectivity index (χ4v) is 2.01. The summed E-state index contributed by atoms with van der Waals surface area (Å²) < 4.78 is 7.15. The van der Waals surface area contributed by atoms with Crippen LogP contribution >= 0.6 is 0 Å². The number of hydrogen-bond donors (Lipinski definition) is 1. The van der Waals surface area contributed by atoms with E-state index < -0.39 is 0 Å². The Balaban J connectivity index is 2.29. The van der Waals surface area contributed by atoms with Gasteiger partial charge in [-0.3, -0.25) is 4.57 Å². The topological polar surface area (TPSA) is 66.0 Å². The van der Waals surface area contributed by atoms with Crippen LogP contribution in [0.4, 0.5) is 5.95 Å². The predicted molar refractivity (Wildman–Crippen MR) is 61.4 cm³/mol. The predicted octanol–water partition coefficient (Wildman–Crippen LogP) is 1.53. The molecule has 0 atom stereocenters. The molecule has 84 valence electrons. The van der Waals surface area contributed by atoms with Crippen LogP contribution in [-0.4, -0.2) is 21.6 Å². The van der Waals surface area contributed by atoms with Gasteiger partial charge >= 0.3 is 0 Å². The number of methoxy groups -OCH3 is 1. The van der Waals surface area contributed by atoms with Gasteiger partial charge in [-0.2, -0.15) is 4.98 Å². The molecule has 16 heavy (non-hydrogen) atoms. The van der Waals surface area contributed by atoms with Gasteiger partial charge in [-0.25, -0.2) is 4.98 Å². The Morgan fingerprint density at radius 1 is 1.38 bits per heavy atom. The Kier molecular flexibility index (Phi) is 1.70. The van der Waals surface area contributed by atoms with Crippen LogP contribution in [0.3, 0.4) is 0 Å². The van der Waals surface area contributed by atoms with Crippen molar-refractivity contribution in [3.8, 4) is 5.88 Å². The second-order valence-electron chi connectivity index (χ2n) is 4.50. The fourth-order valence-electron chi connectivity index (χ4n) is 2.01. The summed E-state index contributed by atoms with van der Waals surface area (Å²) in [6.45, 7) is 2.17. The first-order valence-corrected chi connectivity index (χ1v) is 5.33. The van der Waals surface area contributed by atoms with Crippen molar-refractivity contribution in [2.75, 3.05) is 12.8 Å². The summed E-state index contributed by atoms with van der Waals surface area (Å²) >= 11 is 0. The molecule has 0 bridgehead atoms. The molecule has 0 saturated heterocycles. The molecule has 1 aliphatic carbocycles. The minimum Gasteiger partial charge on any atom is -0.481 e. The molecular weight excluding hydrogens is 204 g/mol.